The maximum atomic E-state index is 6.32. The van der Waals surface area contributed by atoms with Gasteiger partial charge in [-0.2, -0.15) is 0 Å². The van der Waals surface area contributed by atoms with E-state index in [1.807, 2.05) is 12.1 Å². The average Bonchev–Trinajstić information content (AvgIpc) is 2.44. The number of nitrogens with one attached hydrogen (secondary N) is 1. The summed E-state index contributed by atoms with van der Waals surface area (Å²) in [5.74, 6) is 1.55. The van der Waals surface area contributed by atoms with Gasteiger partial charge >= 0.3 is 0 Å². The average molecular weight is 314 g/mol. The van der Waals surface area contributed by atoms with Crippen LogP contribution in [0.1, 0.15) is 44.6 Å². The Hall–Kier alpha value is -0.240. The minimum atomic E-state index is 0.726. The van der Waals surface area contributed by atoms with Crippen molar-refractivity contribution in [3.05, 3.63) is 33.8 Å². The minimum absolute atomic E-state index is 0.726. The number of hydrogen-bond donors (Lipinski definition) is 1. The molecule has 0 aliphatic heterocycles. The Labute approximate surface area is 133 Å². The van der Waals surface area contributed by atoms with Gasteiger partial charge in [0.2, 0.25) is 0 Å². The molecule has 1 aromatic carbocycles. The van der Waals surface area contributed by atoms with Gasteiger partial charge in [-0.25, -0.2) is 0 Å². The van der Waals surface area contributed by atoms with Crippen LogP contribution in [0.25, 0.3) is 0 Å². The topological polar surface area (TPSA) is 12.0 Å². The molecule has 1 aliphatic carbocycles. The van der Waals surface area contributed by atoms with Crippen LogP contribution in [0.2, 0.25) is 10.0 Å². The van der Waals surface area contributed by atoms with E-state index in [0.717, 1.165) is 41.4 Å². The van der Waals surface area contributed by atoms with E-state index in [1.54, 1.807) is 0 Å². The van der Waals surface area contributed by atoms with Gasteiger partial charge in [-0.1, -0.05) is 49.0 Å². The summed E-state index contributed by atoms with van der Waals surface area (Å²) in [7, 11) is 0. The molecule has 0 saturated heterocycles. The van der Waals surface area contributed by atoms with Crippen molar-refractivity contribution in [3.63, 3.8) is 0 Å². The normalized spacial score (nSPS) is 22.9. The van der Waals surface area contributed by atoms with Gasteiger partial charge < -0.3 is 5.32 Å². The molecule has 0 aromatic heterocycles. The molecule has 2 rings (SSSR count). The van der Waals surface area contributed by atoms with Crippen molar-refractivity contribution >= 4 is 23.2 Å². The van der Waals surface area contributed by atoms with Crippen LogP contribution in [0.5, 0.6) is 0 Å². The third-order valence-corrected chi connectivity index (χ3v) is 4.98. The van der Waals surface area contributed by atoms with E-state index in [0.29, 0.717) is 0 Å². The second-order valence-electron chi connectivity index (χ2n) is 5.95. The summed E-state index contributed by atoms with van der Waals surface area (Å²) < 4.78 is 0. The molecule has 1 nitrogen and oxygen atoms in total. The Morgan fingerprint density at radius 1 is 1.15 bits per heavy atom. The Bertz CT molecular complexity index is 419. The molecule has 1 aliphatic rings. The maximum Gasteiger partial charge on any atom is 0.0452 e. The molecular formula is C17H25Cl2N. The second kappa shape index (κ2) is 8.26. The lowest BCUT2D eigenvalue weighted by Gasteiger charge is -2.32. The molecule has 0 radical (unpaired) electrons. The lowest BCUT2D eigenvalue weighted by molar-refractivity contribution is 0.229. The molecule has 0 amide bonds. The van der Waals surface area contributed by atoms with E-state index in [9.17, 15) is 0 Å². The highest BCUT2D eigenvalue weighted by Gasteiger charge is 2.25. The Kier molecular flexibility index (Phi) is 6.67. The zero-order valence-electron chi connectivity index (χ0n) is 12.3. The van der Waals surface area contributed by atoms with Crippen LogP contribution >= 0.6 is 23.2 Å². The lowest BCUT2D eigenvalue weighted by Crippen LogP contribution is -2.32. The van der Waals surface area contributed by atoms with E-state index < -0.39 is 0 Å². The smallest absolute Gasteiger partial charge is 0.0452 e. The molecule has 20 heavy (non-hydrogen) atoms. The fourth-order valence-corrected chi connectivity index (χ4v) is 3.74. The monoisotopic (exact) mass is 313 g/mol. The first kappa shape index (κ1) is 16.1. The van der Waals surface area contributed by atoms with Crippen LogP contribution in [0.4, 0.5) is 0 Å². The van der Waals surface area contributed by atoms with Gasteiger partial charge in [-0.15, -0.1) is 0 Å². The minimum Gasteiger partial charge on any atom is -0.316 e. The van der Waals surface area contributed by atoms with Crippen LogP contribution in [-0.4, -0.2) is 13.1 Å². The van der Waals surface area contributed by atoms with Crippen molar-refractivity contribution in [1.29, 1.82) is 0 Å². The van der Waals surface area contributed by atoms with Crippen molar-refractivity contribution in [1.82, 2.24) is 5.32 Å². The highest BCUT2D eigenvalue weighted by molar-refractivity contribution is 6.35. The van der Waals surface area contributed by atoms with Crippen molar-refractivity contribution in [2.24, 2.45) is 11.8 Å². The van der Waals surface area contributed by atoms with Crippen molar-refractivity contribution in [2.45, 2.75) is 45.4 Å². The van der Waals surface area contributed by atoms with E-state index in [-0.39, 0.29) is 0 Å². The van der Waals surface area contributed by atoms with Gasteiger partial charge in [0.25, 0.3) is 0 Å². The van der Waals surface area contributed by atoms with Gasteiger partial charge in [-0.3, -0.25) is 0 Å². The molecule has 0 bridgehead atoms. The second-order valence-corrected chi connectivity index (χ2v) is 6.79. The van der Waals surface area contributed by atoms with E-state index in [4.69, 9.17) is 23.2 Å². The Balaban J connectivity index is 1.97. The molecule has 112 valence electrons. The number of hydrogen-bond acceptors (Lipinski definition) is 1. The summed E-state index contributed by atoms with van der Waals surface area (Å²) in [6.07, 6.45) is 7.72. The Morgan fingerprint density at radius 2 is 1.90 bits per heavy atom. The number of halogens is 2. The third-order valence-electron chi connectivity index (χ3n) is 4.40. The zero-order chi connectivity index (χ0) is 14.4. The van der Waals surface area contributed by atoms with E-state index >= 15 is 0 Å². The Morgan fingerprint density at radius 3 is 2.60 bits per heavy atom. The maximum absolute atomic E-state index is 6.32. The van der Waals surface area contributed by atoms with E-state index in [2.05, 4.69) is 18.3 Å². The van der Waals surface area contributed by atoms with Crippen LogP contribution in [0.3, 0.4) is 0 Å². The van der Waals surface area contributed by atoms with Crippen LogP contribution in [0, 0.1) is 11.8 Å². The first-order valence-corrected chi connectivity index (χ1v) is 8.61. The fourth-order valence-electron chi connectivity index (χ4n) is 3.26. The molecule has 1 saturated carbocycles. The van der Waals surface area contributed by atoms with Crippen LogP contribution in [-0.2, 0) is 6.42 Å². The largest absolute Gasteiger partial charge is 0.316 e. The molecule has 2 atom stereocenters. The third kappa shape index (κ3) is 4.65. The zero-order valence-corrected chi connectivity index (χ0v) is 13.8. The molecule has 0 heterocycles. The first-order valence-electron chi connectivity index (χ1n) is 7.85. The standard InChI is InChI=1S/C17H25Cl2N/c1-2-9-20-12-15-6-4-3-5-13(15)10-14-7-8-16(18)11-17(14)19/h7-8,11,13,15,20H,2-6,9-10,12H2,1H3. The highest BCUT2D eigenvalue weighted by atomic mass is 35.5. The van der Waals surface area contributed by atoms with Gasteiger partial charge in [0.05, 0.1) is 0 Å². The highest BCUT2D eigenvalue weighted by Crippen LogP contribution is 2.34. The first-order chi connectivity index (χ1) is 9.70. The van der Waals surface area contributed by atoms with Crippen molar-refractivity contribution < 1.29 is 0 Å². The predicted octanol–water partition coefficient (Wildman–Crippen LogP) is 5.34. The summed E-state index contributed by atoms with van der Waals surface area (Å²) in [5, 5.41) is 5.14. The van der Waals surface area contributed by atoms with Crippen LogP contribution < -0.4 is 5.32 Å². The molecular weight excluding hydrogens is 289 g/mol. The van der Waals surface area contributed by atoms with Gasteiger partial charge in [0.1, 0.15) is 0 Å². The molecule has 1 fully saturated rings. The lowest BCUT2D eigenvalue weighted by atomic mass is 9.76. The number of benzene rings is 1. The summed E-state index contributed by atoms with van der Waals surface area (Å²) in [4.78, 5) is 0. The van der Waals surface area contributed by atoms with Crippen molar-refractivity contribution in [2.75, 3.05) is 13.1 Å². The summed E-state index contributed by atoms with van der Waals surface area (Å²) >= 11 is 12.3. The van der Waals surface area contributed by atoms with E-state index in [1.165, 1.54) is 37.7 Å². The summed E-state index contributed by atoms with van der Waals surface area (Å²) in [6, 6.07) is 5.91. The van der Waals surface area contributed by atoms with Gasteiger partial charge in [0, 0.05) is 10.0 Å². The van der Waals surface area contributed by atoms with Crippen molar-refractivity contribution in [3.8, 4) is 0 Å². The predicted molar refractivity (Wildman–Crippen MR) is 88.8 cm³/mol. The van der Waals surface area contributed by atoms with Crippen LogP contribution in [0.15, 0.2) is 18.2 Å². The van der Waals surface area contributed by atoms with Gasteiger partial charge in [0.15, 0.2) is 0 Å². The molecule has 2 unspecified atom stereocenters. The fraction of sp³-hybridized carbons (Fsp3) is 0.647. The SMILES string of the molecule is CCCNCC1CCCCC1Cc1ccc(Cl)cc1Cl. The van der Waals surface area contributed by atoms with Gasteiger partial charge in [-0.05, 0) is 68.3 Å². The molecule has 0 spiro atoms. The summed E-state index contributed by atoms with van der Waals surface area (Å²) in [6.45, 7) is 4.51. The molecule has 1 aromatic rings. The number of rotatable bonds is 6. The molecule has 1 N–H and O–H groups in total. The summed E-state index contributed by atoms with van der Waals surface area (Å²) in [5.41, 5.74) is 1.25. The molecule has 3 heteroatoms. The quantitative estimate of drug-likeness (QED) is 0.699.